The van der Waals surface area contributed by atoms with Crippen LogP contribution in [0.15, 0.2) is 36.7 Å². The first-order valence-electron chi connectivity index (χ1n) is 6.56. The van der Waals surface area contributed by atoms with Crippen molar-refractivity contribution in [1.29, 1.82) is 0 Å². The number of rotatable bonds is 4. The van der Waals surface area contributed by atoms with Gasteiger partial charge in [0, 0.05) is 50.6 Å². The minimum absolute atomic E-state index is 0.0757. The standard InChI is InChI=1S/C15H18N4O2/c1-11(20)17-14-6-4-13(5-7-14)15(21)18(2)9-12-8-16-19(3)10-12/h4-8,10H,9H2,1-3H3,(H,17,20). The third kappa shape index (κ3) is 3.92. The predicted molar refractivity (Wildman–Crippen MR) is 79.8 cm³/mol. The van der Waals surface area contributed by atoms with Crippen molar-refractivity contribution in [3.05, 3.63) is 47.8 Å². The van der Waals surface area contributed by atoms with Crippen LogP contribution >= 0.6 is 0 Å². The Morgan fingerprint density at radius 1 is 1.29 bits per heavy atom. The molecule has 1 heterocycles. The van der Waals surface area contributed by atoms with Crippen LogP contribution in [0.25, 0.3) is 0 Å². The van der Waals surface area contributed by atoms with Gasteiger partial charge in [-0.25, -0.2) is 0 Å². The summed E-state index contributed by atoms with van der Waals surface area (Å²) in [6.07, 6.45) is 3.62. The highest BCUT2D eigenvalue weighted by molar-refractivity contribution is 5.95. The maximum absolute atomic E-state index is 12.3. The second-order valence-electron chi connectivity index (χ2n) is 4.94. The van der Waals surface area contributed by atoms with E-state index in [1.54, 1.807) is 47.1 Å². The van der Waals surface area contributed by atoms with Crippen molar-refractivity contribution in [2.75, 3.05) is 12.4 Å². The number of anilines is 1. The molecule has 0 aliphatic carbocycles. The van der Waals surface area contributed by atoms with Crippen LogP contribution < -0.4 is 5.32 Å². The van der Waals surface area contributed by atoms with E-state index >= 15 is 0 Å². The lowest BCUT2D eigenvalue weighted by molar-refractivity contribution is -0.114. The number of hydrogen-bond donors (Lipinski definition) is 1. The minimum atomic E-state index is -0.136. The number of nitrogens with zero attached hydrogens (tertiary/aromatic N) is 3. The number of carbonyl (C=O) groups excluding carboxylic acids is 2. The maximum atomic E-state index is 12.3. The molecule has 0 atom stereocenters. The van der Waals surface area contributed by atoms with Gasteiger partial charge in [0.1, 0.15) is 0 Å². The number of hydrogen-bond acceptors (Lipinski definition) is 3. The molecule has 2 aromatic rings. The SMILES string of the molecule is CC(=O)Nc1ccc(C(=O)N(C)Cc2cnn(C)c2)cc1. The van der Waals surface area contributed by atoms with E-state index in [9.17, 15) is 9.59 Å². The summed E-state index contributed by atoms with van der Waals surface area (Å²) < 4.78 is 1.70. The Labute approximate surface area is 123 Å². The van der Waals surface area contributed by atoms with E-state index in [0.717, 1.165) is 5.56 Å². The highest BCUT2D eigenvalue weighted by atomic mass is 16.2. The van der Waals surface area contributed by atoms with Gasteiger partial charge in [-0.05, 0) is 24.3 Å². The van der Waals surface area contributed by atoms with Crippen molar-refractivity contribution in [1.82, 2.24) is 14.7 Å². The van der Waals surface area contributed by atoms with Gasteiger partial charge in [-0.2, -0.15) is 5.10 Å². The summed E-state index contributed by atoms with van der Waals surface area (Å²) >= 11 is 0. The van der Waals surface area contributed by atoms with Crippen molar-refractivity contribution in [3.8, 4) is 0 Å². The Morgan fingerprint density at radius 2 is 1.95 bits per heavy atom. The molecule has 110 valence electrons. The summed E-state index contributed by atoms with van der Waals surface area (Å²) in [5, 5.41) is 6.75. The van der Waals surface area contributed by atoms with Crippen molar-refractivity contribution >= 4 is 17.5 Å². The number of nitrogens with one attached hydrogen (secondary N) is 1. The Morgan fingerprint density at radius 3 is 2.48 bits per heavy atom. The number of aryl methyl sites for hydroxylation is 1. The van der Waals surface area contributed by atoms with Crippen LogP contribution in [0, 0.1) is 0 Å². The fourth-order valence-corrected chi connectivity index (χ4v) is 2.02. The highest BCUT2D eigenvalue weighted by Gasteiger charge is 2.12. The molecule has 6 heteroatoms. The lowest BCUT2D eigenvalue weighted by Gasteiger charge is -2.16. The summed E-state index contributed by atoms with van der Waals surface area (Å²) in [5.74, 6) is -0.212. The van der Waals surface area contributed by atoms with Crippen LogP contribution in [-0.4, -0.2) is 33.5 Å². The zero-order valence-electron chi connectivity index (χ0n) is 12.3. The first kappa shape index (κ1) is 14.8. The number of carbonyl (C=O) groups is 2. The van der Waals surface area contributed by atoms with Crippen molar-refractivity contribution in [2.45, 2.75) is 13.5 Å². The molecule has 6 nitrogen and oxygen atoms in total. The van der Waals surface area contributed by atoms with Crippen molar-refractivity contribution < 1.29 is 9.59 Å². The van der Waals surface area contributed by atoms with Crippen molar-refractivity contribution in [3.63, 3.8) is 0 Å². The van der Waals surface area contributed by atoms with Gasteiger partial charge in [-0.1, -0.05) is 0 Å². The second kappa shape index (κ2) is 6.21. The molecule has 2 amide bonds. The topological polar surface area (TPSA) is 67.2 Å². The van der Waals surface area contributed by atoms with Gasteiger partial charge in [-0.15, -0.1) is 0 Å². The van der Waals surface area contributed by atoms with Gasteiger partial charge in [0.25, 0.3) is 5.91 Å². The third-order valence-electron chi connectivity index (χ3n) is 2.98. The van der Waals surface area contributed by atoms with E-state index in [1.165, 1.54) is 6.92 Å². The molecule has 0 unspecified atom stereocenters. The molecule has 1 N–H and O–H groups in total. The average molecular weight is 286 g/mol. The smallest absolute Gasteiger partial charge is 0.253 e. The number of amides is 2. The van der Waals surface area contributed by atoms with E-state index in [2.05, 4.69) is 10.4 Å². The first-order chi connectivity index (χ1) is 9.95. The zero-order valence-corrected chi connectivity index (χ0v) is 12.3. The van der Waals surface area contributed by atoms with E-state index in [1.807, 2.05) is 13.2 Å². The summed E-state index contributed by atoms with van der Waals surface area (Å²) in [4.78, 5) is 24.9. The summed E-state index contributed by atoms with van der Waals surface area (Å²) in [5.41, 5.74) is 2.23. The predicted octanol–water partition coefficient (Wildman–Crippen LogP) is 1.65. The third-order valence-corrected chi connectivity index (χ3v) is 2.98. The molecule has 21 heavy (non-hydrogen) atoms. The van der Waals surface area contributed by atoms with Crippen LogP contribution in [0.1, 0.15) is 22.8 Å². The highest BCUT2D eigenvalue weighted by Crippen LogP contribution is 2.12. The lowest BCUT2D eigenvalue weighted by Crippen LogP contribution is -2.26. The van der Waals surface area contributed by atoms with Crippen LogP contribution in [0.4, 0.5) is 5.69 Å². The second-order valence-corrected chi connectivity index (χ2v) is 4.94. The minimum Gasteiger partial charge on any atom is -0.337 e. The van der Waals surface area contributed by atoms with Gasteiger partial charge in [-0.3, -0.25) is 14.3 Å². The average Bonchev–Trinajstić information content (AvgIpc) is 2.83. The number of benzene rings is 1. The molecular weight excluding hydrogens is 268 g/mol. The quantitative estimate of drug-likeness (QED) is 0.929. The maximum Gasteiger partial charge on any atom is 0.253 e. The molecule has 2 rings (SSSR count). The molecule has 1 aromatic heterocycles. The molecule has 0 aliphatic heterocycles. The van der Waals surface area contributed by atoms with Gasteiger partial charge >= 0.3 is 0 Å². The van der Waals surface area contributed by atoms with E-state index in [4.69, 9.17) is 0 Å². The normalized spacial score (nSPS) is 10.2. The largest absolute Gasteiger partial charge is 0.337 e. The number of aromatic nitrogens is 2. The van der Waals surface area contributed by atoms with E-state index < -0.39 is 0 Å². The Balaban J connectivity index is 2.03. The molecule has 0 radical (unpaired) electrons. The zero-order chi connectivity index (χ0) is 15.4. The Bertz CT molecular complexity index is 646. The van der Waals surface area contributed by atoms with Gasteiger partial charge < -0.3 is 10.2 Å². The molecular formula is C15H18N4O2. The van der Waals surface area contributed by atoms with Crippen LogP contribution in [0.5, 0.6) is 0 Å². The van der Waals surface area contributed by atoms with E-state index in [0.29, 0.717) is 17.8 Å². The molecule has 1 aromatic carbocycles. The molecule has 0 bridgehead atoms. The summed E-state index contributed by atoms with van der Waals surface area (Å²) in [7, 11) is 3.59. The molecule has 0 saturated heterocycles. The molecule has 0 aliphatic rings. The molecule has 0 saturated carbocycles. The summed E-state index contributed by atoms with van der Waals surface area (Å²) in [6.45, 7) is 1.95. The molecule has 0 spiro atoms. The van der Waals surface area contributed by atoms with E-state index in [-0.39, 0.29) is 11.8 Å². The fourth-order valence-electron chi connectivity index (χ4n) is 2.02. The van der Waals surface area contributed by atoms with Gasteiger partial charge in [0.15, 0.2) is 0 Å². The van der Waals surface area contributed by atoms with Crippen molar-refractivity contribution in [2.24, 2.45) is 7.05 Å². The van der Waals surface area contributed by atoms with Gasteiger partial charge in [0.05, 0.1) is 6.20 Å². The van der Waals surface area contributed by atoms with Crippen LogP contribution in [0.2, 0.25) is 0 Å². The lowest BCUT2D eigenvalue weighted by atomic mass is 10.1. The van der Waals surface area contributed by atoms with Gasteiger partial charge in [0.2, 0.25) is 5.91 Å². The van der Waals surface area contributed by atoms with Crippen LogP contribution in [0.3, 0.4) is 0 Å². The monoisotopic (exact) mass is 286 g/mol. The first-order valence-corrected chi connectivity index (χ1v) is 6.56. The molecule has 0 fully saturated rings. The Hall–Kier alpha value is -2.63. The van der Waals surface area contributed by atoms with Crippen LogP contribution in [-0.2, 0) is 18.4 Å². The fraction of sp³-hybridized carbons (Fsp3) is 0.267. The summed E-state index contributed by atoms with van der Waals surface area (Å²) in [6, 6.07) is 6.83. The Kier molecular flexibility index (Phi) is 4.37.